The van der Waals surface area contributed by atoms with Gasteiger partial charge in [-0.1, -0.05) is 12.1 Å². The van der Waals surface area contributed by atoms with Crippen molar-refractivity contribution in [1.82, 2.24) is 10.6 Å². The number of aromatic carboxylic acids is 1. The van der Waals surface area contributed by atoms with Crippen LogP contribution in [0.5, 0.6) is 5.75 Å². The highest BCUT2D eigenvalue weighted by Gasteiger charge is 2.51. The third-order valence-electron chi connectivity index (χ3n) is 7.73. The molecule has 6 rings (SSSR count). The van der Waals surface area contributed by atoms with E-state index < -0.39 is 12.1 Å². The van der Waals surface area contributed by atoms with Crippen LogP contribution in [0.25, 0.3) is 0 Å². The highest BCUT2D eigenvalue weighted by atomic mass is 19.1. The second kappa shape index (κ2) is 9.28. The number of ether oxygens (including phenoxy) is 1. The summed E-state index contributed by atoms with van der Waals surface area (Å²) in [5.74, 6) is 1.44. The topological polar surface area (TPSA) is 87.7 Å². The van der Waals surface area contributed by atoms with Gasteiger partial charge in [-0.25, -0.2) is 14.0 Å². The molecule has 1 unspecified atom stereocenters. The zero-order valence-corrected chi connectivity index (χ0v) is 19.1. The molecule has 1 atom stereocenters. The van der Waals surface area contributed by atoms with Crippen molar-refractivity contribution in [3.8, 4) is 5.75 Å². The van der Waals surface area contributed by atoms with Crippen molar-refractivity contribution in [2.75, 3.05) is 6.54 Å². The molecule has 2 aromatic carbocycles. The van der Waals surface area contributed by atoms with Crippen LogP contribution >= 0.6 is 0 Å². The maximum Gasteiger partial charge on any atom is 0.335 e. The van der Waals surface area contributed by atoms with Crippen LogP contribution in [-0.2, 0) is 0 Å². The van der Waals surface area contributed by atoms with E-state index in [0.29, 0.717) is 18.7 Å². The Hall–Kier alpha value is -3.09. The molecule has 3 N–H and O–H groups in total. The number of rotatable bonds is 8. The van der Waals surface area contributed by atoms with Crippen molar-refractivity contribution in [3.63, 3.8) is 0 Å². The van der Waals surface area contributed by atoms with Crippen LogP contribution in [0.1, 0.15) is 67.0 Å². The van der Waals surface area contributed by atoms with Gasteiger partial charge < -0.3 is 20.5 Å². The molecule has 4 aliphatic carbocycles. The Labute approximate surface area is 198 Å². The zero-order valence-electron chi connectivity index (χ0n) is 19.1. The van der Waals surface area contributed by atoms with Crippen LogP contribution in [0.3, 0.4) is 0 Å². The number of hydrogen-bond donors (Lipinski definition) is 3. The predicted octanol–water partition coefficient (Wildman–Crippen LogP) is 5.30. The SMILES string of the molecule is O=C(NCCC(Oc1ccc(F)cc1)c1ccc(C(=O)O)cc1)NC12CC3CC(CC(C3)C1)C2. The van der Waals surface area contributed by atoms with Gasteiger partial charge in [0.2, 0.25) is 0 Å². The maximum atomic E-state index is 13.3. The molecule has 4 aliphatic rings. The molecule has 180 valence electrons. The van der Waals surface area contributed by atoms with E-state index in [4.69, 9.17) is 4.74 Å². The van der Waals surface area contributed by atoms with Crippen LogP contribution in [0.4, 0.5) is 9.18 Å². The Morgan fingerprint density at radius 1 is 0.971 bits per heavy atom. The molecule has 0 saturated heterocycles. The lowest BCUT2D eigenvalue weighted by Gasteiger charge is -2.56. The van der Waals surface area contributed by atoms with Crippen molar-refractivity contribution >= 4 is 12.0 Å². The molecule has 0 radical (unpaired) electrons. The number of carboxylic acid groups (broad SMARTS) is 1. The second-order valence-corrected chi connectivity index (χ2v) is 10.4. The fourth-order valence-corrected chi connectivity index (χ4v) is 6.68. The predicted molar refractivity (Wildman–Crippen MR) is 125 cm³/mol. The van der Waals surface area contributed by atoms with Gasteiger partial charge in [0.05, 0.1) is 5.56 Å². The number of hydrogen-bond acceptors (Lipinski definition) is 3. The minimum absolute atomic E-state index is 0.0461. The highest BCUT2D eigenvalue weighted by molar-refractivity contribution is 5.87. The van der Waals surface area contributed by atoms with E-state index in [1.165, 1.54) is 43.5 Å². The minimum atomic E-state index is -0.995. The number of halogens is 1. The summed E-state index contributed by atoms with van der Waals surface area (Å²) in [6.07, 6.45) is 7.32. The standard InChI is InChI=1S/C27H31FN2O4/c28-22-5-7-23(8-6-22)34-24(20-1-3-21(4-2-20)25(31)32)9-10-29-26(33)30-27-14-17-11-18(15-27)13-19(12-17)16-27/h1-8,17-19,24H,9-16H2,(H,31,32)(H2,29,30,33). The molecular weight excluding hydrogens is 435 g/mol. The first kappa shape index (κ1) is 22.7. The first-order valence-electron chi connectivity index (χ1n) is 12.2. The van der Waals surface area contributed by atoms with Gasteiger partial charge in [0.1, 0.15) is 17.7 Å². The number of carbonyl (C=O) groups excluding carboxylic acids is 1. The average Bonchev–Trinajstić information content (AvgIpc) is 2.78. The van der Waals surface area contributed by atoms with E-state index >= 15 is 0 Å². The molecule has 34 heavy (non-hydrogen) atoms. The molecule has 7 heteroatoms. The van der Waals surface area contributed by atoms with Gasteiger partial charge in [-0.2, -0.15) is 0 Å². The summed E-state index contributed by atoms with van der Waals surface area (Å²) in [6, 6.07) is 12.1. The van der Waals surface area contributed by atoms with Gasteiger partial charge in [-0.3, -0.25) is 0 Å². The van der Waals surface area contributed by atoms with Crippen LogP contribution in [0, 0.1) is 23.6 Å². The third-order valence-corrected chi connectivity index (χ3v) is 7.73. The number of benzene rings is 2. The number of urea groups is 1. The lowest BCUT2D eigenvalue weighted by molar-refractivity contribution is -0.0135. The summed E-state index contributed by atoms with van der Waals surface area (Å²) in [5.41, 5.74) is 0.935. The van der Waals surface area contributed by atoms with Gasteiger partial charge in [-0.15, -0.1) is 0 Å². The maximum absolute atomic E-state index is 13.3. The smallest absolute Gasteiger partial charge is 0.335 e. The van der Waals surface area contributed by atoms with E-state index in [1.807, 2.05) is 0 Å². The largest absolute Gasteiger partial charge is 0.486 e. The summed E-state index contributed by atoms with van der Waals surface area (Å²) in [5, 5.41) is 15.5. The number of carboxylic acids is 1. The van der Waals surface area contributed by atoms with Crippen molar-refractivity contribution in [2.45, 2.75) is 56.6 Å². The van der Waals surface area contributed by atoms with Gasteiger partial charge in [0, 0.05) is 18.5 Å². The van der Waals surface area contributed by atoms with Crippen LogP contribution in [0.15, 0.2) is 48.5 Å². The number of carbonyl (C=O) groups is 2. The fourth-order valence-electron chi connectivity index (χ4n) is 6.68. The van der Waals surface area contributed by atoms with E-state index in [2.05, 4.69) is 10.6 Å². The zero-order chi connectivity index (χ0) is 23.7. The summed E-state index contributed by atoms with van der Waals surface area (Å²) in [7, 11) is 0. The van der Waals surface area contributed by atoms with Crippen LogP contribution in [0.2, 0.25) is 0 Å². The molecule has 0 spiro atoms. The van der Waals surface area contributed by atoms with Gasteiger partial charge >= 0.3 is 12.0 Å². The molecule has 4 bridgehead atoms. The summed E-state index contributed by atoms with van der Waals surface area (Å²) >= 11 is 0. The van der Waals surface area contributed by atoms with Gasteiger partial charge in [0.25, 0.3) is 0 Å². The first-order valence-corrected chi connectivity index (χ1v) is 12.2. The minimum Gasteiger partial charge on any atom is -0.486 e. The highest BCUT2D eigenvalue weighted by Crippen LogP contribution is 2.55. The molecule has 0 aromatic heterocycles. The number of amides is 2. The third kappa shape index (κ3) is 5.03. The number of nitrogens with one attached hydrogen (secondary N) is 2. The Morgan fingerprint density at radius 2 is 1.56 bits per heavy atom. The molecule has 4 saturated carbocycles. The second-order valence-electron chi connectivity index (χ2n) is 10.4. The Bertz CT molecular complexity index is 1000. The Kier molecular flexibility index (Phi) is 6.19. The Balaban J connectivity index is 1.21. The van der Waals surface area contributed by atoms with Crippen LogP contribution in [-0.4, -0.2) is 29.2 Å². The first-order chi connectivity index (χ1) is 16.4. The molecule has 0 heterocycles. The lowest BCUT2D eigenvalue weighted by Crippen LogP contribution is -2.61. The van der Waals surface area contributed by atoms with Crippen molar-refractivity contribution in [1.29, 1.82) is 0 Å². The van der Waals surface area contributed by atoms with Gasteiger partial charge in [0.15, 0.2) is 0 Å². The van der Waals surface area contributed by atoms with Crippen LogP contribution < -0.4 is 15.4 Å². The van der Waals surface area contributed by atoms with Crippen molar-refractivity contribution in [2.24, 2.45) is 17.8 Å². The van der Waals surface area contributed by atoms with Crippen molar-refractivity contribution in [3.05, 3.63) is 65.5 Å². The average molecular weight is 467 g/mol. The molecule has 4 fully saturated rings. The molecule has 2 aromatic rings. The monoisotopic (exact) mass is 466 g/mol. The van der Waals surface area contributed by atoms with Crippen molar-refractivity contribution < 1.29 is 23.8 Å². The Morgan fingerprint density at radius 3 is 2.12 bits per heavy atom. The molecule has 2 amide bonds. The van der Waals surface area contributed by atoms with E-state index in [9.17, 15) is 19.1 Å². The van der Waals surface area contributed by atoms with Gasteiger partial charge in [-0.05, 0) is 98.2 Å². The molecule has 6 nitrogen and oxygen atoms in total. The van der Waals surface area contributed by atoms with E-state index in [1.54, 1.807) is 24.3 Å². The lowest BCUT2D eigenvalue weighted by atomic mass is 9.53. The summed E-state index contributed by atoms with van der Waals surface area (Å²) in [4.78, 5) is 24.0. The molecular formula is C27H31FN2O4. The summed E-state index contributed by atoms with van der Waals surface area (Å²) in [6.45, 7) is 0.394. The molecule has 0 aliphatic heterocycles. The fraction of sp³-hybridized carbons (Fsp3) is 0.481. The quantitative estimate of drug-likeness (QED) is 0.493. The van der Waals surface area contributed by atoms with E-state index in [0.717, 1.165) is 42.6 Å². The normalized spacial score (nSPS) is 27.7. The summed E-state index contributed by atoms with van der Waals surface area (Å²) < 4.78 is 19.4. The van der Waals surface area contributed by atoms with E-state index in [-0.39, 0.29) is 23.0 Å².